The Morgan fingerprint density at radius 2 is 0.974 bits per heavy atom. The Labute approximate surface area is 226 Å². The molecule has 5 heteroatoms. The molecular formula is C33H36O4P+. The van der Waals surface area contributed by atoms with E-state index < -0.39 is 20.5 Å². The van der Waals surface area contributed by atoms with Crippen LogP contribution in [-0.4, -0.2) is 41.2 Å². The highest BCUT2D eigenvalue weighted by Gasteiger charge is 2.44. The Balaban J connectivity index is 1.48. The van der Waals surface area contributed by atoms with Crippen molar-refractivity contribution in [2.45, 2.75) is 39.0 Å². The number of aliphatic hydroxyl groups excluding tert-OH is 2. The number of carbonyl (C=O) groups is 2. The van der Waals surface area contributed by atoms with Crippen molar-refractivity contribution in [3.8, 4) is 0 Å². The van der Waals surface area contributed by atoms with Gasteiger partial charge in [-0.25, -0.2) is 0 Å². The van der Waals surface area contributed by atoms with Gasteiger partial charge in [0.05, 0.1) is 19.4 Å². The van der Waals surface area contributed by atoms with Crippen molar-refractivity contribution in [1.29, 1.82) is 0 Å². The largest absolute Gasteiger partial charge is 0.392 e. The van der Waals surface area contributed by atoms with Gasteiger partial charge in [-0.15, -0.1) is 0 Å². The monoisotopic (exact) mass is 527 g/mol. The lowest BCUT2D eigenvalue weighted by Gasteiger charge is -2.27. The van der Waals surface area contributed by atoms with Gasteiger partial charge < -0.3 is 10.2 Å². The highest BCUT2D eigenvalue weighted by Crippen LogP contribution is 2.56. The predicted octanol–water partition coefficient (Wildman–Crippen LogP) is 4.68. The molecule has 4 rings (SSSR count). The van der Waals surface area contributed by atoms with Crippen LogP contribution in [0.2, 0.25) is 0 Å². The maximum Gasteiger partial charge on any atom is 0.188 e. The zero-order valence-electron chi connectivity index (χ0n) is 22.0. The first kappa shape index (κ1) is 27.9. The molecule has 2 N–H and O–H groups in total. The van der Waals surface area contributed by atoms with E-state index in [9.17, 15) is 19.8 Å². The maximum atomic E-state index is 12.9. The Morgan fingerprint density at radius 3 is 1.42 bits per heavy atom. The van der Waals surface area contributed by atoms with Crippen LogP contribution in [0.5, 0.6) is 0 Å². The van der Waals surface area contributed by atoms with E-state index in [2.05, 4.69) is 91.0 Å². The molecule has 0 amide bonds. The van der Waals surface area contributed by atoms with Crippen LogP contribution in [0.3, 0.4) is 0 Å². The van der Waals surface area contributed by atoms with Gasteiger partial charge in [-0.05, 0) is 69.0 Å². The number of hydrogen-bond acceptors (Lipinski definition) is 4. The number of carbonyl (C=O) groups excluding carboxylic acids is 2. The average molecular weight is 528 g/mol. The lowest BCUT2D eigenvalue weighted by atomic mass is 9.83. The molecule has 4 nitrogen and oxygen atoms in total. The van der Waals surface area contributed by atoms with Crippen molar-refractivity contribution in [3.63, 3.8) is 0 Å². The highest BCUT2D eigenvalue weighted by molar-refractivity contribution is 7.95. The van der Waals surface area contributed by atoms with Crippen molar-refractivity contribution in [2.75, 3.05) is 19.4 Å². The van der Waals surface area contributed by atoms with Gasteiger partial charge in [0.1, 0.15) is 23.2 Å². The summed E-state index contributed by atoms with van der Waals surface area (Å²) in [6, 6.07) is 32.6. The van der Waals surface area contributed by atoms with Gasteiger partial charge in [-0.3, -0.25) is 9.59 Å². The second-order valence-corrected chi connectivity index (χ2v) is 13.4. The molecule has 0 unspecified atom stereocenters. The maximum absolute atomic E-state index is 12.9. The fourth-order valence-electron chi connectivity index (χ4n) is 5.51. The Hall–Kier alpha value is -3.17. The normalized spacial score (nSPS) is 14.4. The molecule has 0 saturated carbocycles. The molecule has 3 aromatic rings. The summed E-state index contributed by atoms with van der Waals surface area (Å²) in [5.41, 5.74) is 0.956. The Morgan fingerprint density at radius 1 is 0.553 bits per heavy atom. The molecule has 0 heterocycles. The smallest absolute Gasteiger partial charge is 0.188 e. The van der Waals surface area contributed by atoms with Crippen LogP contribution in [-0.2, 0) is 9.59 Å². The van der Waals surface area contributed by atoms with Gasteiger partial charge in [0.2, 0.25) is 0 Å². The molecule has 0 aromatic heterocycles. The standard InChI is InChI=1S/C33H36O4P/c1-25-29(33(37)31(24-35)30(23-34)32(25)36)21-13-2-3-14-22-38(26-15-7-4-8-16-26,27-17-9-5-10-18-27)28-19-11-6-12-20-28/h4-12,15-20,34-35H,2-3,13-14,21-24H2,1H3/q+1. The van der Waals surface area contributed by atoms with Crippen LogP contribution < -0.4 is 15.9 Å². The van der Waals surface area contributed by atoms with Crippen molar-refractivity contribution >= 4 is 34.7 Å². The average Bonchev–Trinajstić information content (AvgIpc) is 2.97. The van der Waals surface area contributed by atoms with Gasteiger partial charge in [-0.2, -0.15) is 0 Å². The molecule has 1 aliphatic carbocycles. The summed E-state index contributed by atoms with van der Waals surface area (Å²) in [4.78, 5) is 25.5. The van der Waals surface area contributed by atoms with Crippen LogP contribution in [0.1, 0.15) is 39.0 Å². The van der Waals surface area contributed by atoms with Crippen molar-refractivity contribution < 1.29 is 19.8 Å². The lowest BCUT2D eigenvalue weighted by Crippen LogP contribution is -2.33. The first-order chi connectivity index (χ1) is 18.5. The molecule has 3 aromatic carbocycles. The van der Waals surface area contributed by atoms with Crippen LogP contribution in [0.15, 0.2) is 113 Å². The molecule has 0 aliphatic heterocycles. The van der Waals surface area contributed by atoms with Gasteiger partial charge in [0.25, 0.3) is 0 Å². The summed E-state index contributed by atoms with van der Waals surface area (Å²) in [5, 5.41) is 23.3. The second-order valence-electron chi connectivity index (χ2n) is 9.74. The van der Waals surface area contributed by atoms with E-state index in [4.69, 9.17) is 0 Å². The fourth-order valence-corrected chi connectivity index (χ4v) is 9.92. The zero-order valence-corrected chi connectivity index (χ0v) is 22.9. The number of Topliss-reactive ketones (excluding diaryl/α,β-unsaturated/α-hetero) is 2. The second kappa shape index (κ2) is 13.1. The van der Waals surface area contributed by atoms with E-state index in [-0.39, 0.29) is 22.7 Å². The molecule has 0 fully saturated rings. The van der Waals surface area contributed by atoms with E-state index in [0.717, 1.165) is 31.8 Å². The molecule has 0 bridgehead atoms. The number of hydrogen-bond donors (Lipinski definition) is 2. The molecule has 0 spiro atoms. The molecule has 1 aliphatic rings. The minimum absolute atomic E-state index is 0.0294. The highest BCUT2D eigenvalue weighted by atomic mass is 31.2. The van der Waals surface area contributed by atoms with E-state index in [1.54, 1.807) is 6.92 Å². The van der Waals surface area contributed by atoms with Crippen molar-refractivity contribution in [1.82, 2.24) is 0 Å². The van der Waals surface area contributed by atoms with Crippen molar-refractivity contribution in [2.24, 2.45) is 0 Å². The van der Waals surface area contributed by atoms with Crippen LogP contribution in [0.25, 0.3) is 0 Å². The first-order valence-corrected chi connectivity index (χ1v) is 15.3. The molecule has 38 heavy (non-hydrogen) atoms. The van der Waals surface area contributed by atoms with E-state index in [1.807, 2.05) is 0 Å². The summed E-state index contributed by atoms with van der Waals surface area (Å²) in [6.07, 6.45) is 5.38. The fraction of sp³-hybridized carbons (Fsp3) is 0.273. The molecule has 0 radical (unpaired) electrons. The van der Waals surface area contributed by atoms with E-state index in [0.29, 0.717) is 17.6 Å². The third-order valence-corrected chi connectivity index (χ3v) is 12.1. The van der Waals surface area contributed by atoms with Gasteiger partial charge in [0.15, 0.2) is 11.6 Å². The lowest BCUT2D eigenvalue weighted by molar-refractivity contribution is -0.117. The Bertz CT molecular complexity index is 1210. The quantitative estimate of drug-likeness (QED) is 0.204. The molecule has 0 saturated heterocycles. The van der Waals surface area contributed by atoms with Gasteiger partial charge in [0, 0.05) is 22.3 Å². The summed E-state index contributed by atoms with van der Waals surface area (Å²) in [7, 11) is -1.84. The zero-order chi connectivity index (χ0) is 27.0. The Kier molecular flexibility index (Phi) is 9.58. The van der Waals surface area contributed by atoms with Crippen LogP contribution in [0, 0.1) is 0 Å². The minimum atomic E-state index is -1.84. The summed E-state index contributed by atoms with van der Waals surface area (Å²) in [6.45, 7) is 0.597. The summed E-state index contributed by atoms with van der Waals surface area (Å²) < 4.78 is 0. The number of aliphatic hydroxyl groups is 2. The third kappa shape index (κ3) is 5.63. The number of benzene rings is 3. The van der Waals surface area contributed by atoms with E-state index >= 15 is 0 Å². The van der Waals surface area contributed by atoms with Gasteiger partial charge >= 0.3 is 0 Å². The van der Waals surface area contributed by atoms with Gasteiger partial charge in [-0.1, -0.05) is 61.0 Å². The van der Waals surface area contributed by atoms with E-state index in [1.165, 1.54) is 15.9 Å². The first-order valence-electron chi connectivity index (χ1n) is 13.3. The third-order valence-electron chi connectivity index (χ3n) is 7.56. The molecular weight excluding hydrogens is 491 g/mol. The number of allylic oxidation sites excluding steroid dienone is 2. The number of rotatable bonds is 12. The number of unbranched alkanes of at least 4 members (excludes halogenated alkanes) is 3. The summed E-state index contributed by atoms with van der Waals surface area (Å²) >= 11 is 0. The minimum Gasteiger partial charge on any atom is -0.392 e. The molecule has 0 atom stereocenters. The number of ketones is 2. The summed E-state index contributed by atoms with van der Waals surface area (Å²) in [5.74, 6) is -0.620. The predicted molar refractivity (Wildman–Crippen MR) is 157 cm³/mol. The SMILES string of the molecule is CC1=C(CCCCCC[P+](c2ccccc2)(c2ccccc2)c2ccccc2)C(=O)C(CO)=C(CO)C1=O. The van der Waals surface area contributed by atoms with Crippen LogP contribution in [0.4, 0.5) is 0 Å². The molecule has 196 valence electrons. The topological polar surface area (TPSA) is 74.6 Å². The van der Waals surface area contributed by atoms with Crippen LogP contribution >= 0.6 is 7.26 Å². The van der Waals surface area contributed by atoms with Crippen molar-refractivity contribution in [3.05, 3.63) is 113 Å².